The summed E-state index contributed by atoms with van der Waals surface area (Å²) in [5.41, 5.74) is 1.32. The molecule has 2 fully saturated rings. The number of nitrogens with zero attached hydrogens (tertiary/aromatic N) is 2. The lowest BCUT2D eigenvalue weighted by Crippen LogP contribution is -2.39. The van der Waals surface area contributed by atoms with E-state index in [2.05, 4.69) is 11.9 Å². The molecule has 1 aliphatic heterocycles. The summed E-state index contributed by atoms with van der Waals surface area (Å²) in [5.74, 6) is 1.32. The highest BCUT2D eigenvalue weighted by Crippen LogP contribution is 2.37. The van der Waals surface area contributed by atoms with Gasteiger partial charge in [0, 0.05) is 38.2 Å². The summed E-state index contributed by atoms with van der Waals surface area (Å²) in [6.45, 7) is 3.74. The summed E-state index contributed by atoms with van der Waals surface area (Å²) in [6.07, 6.45) is 7.98. The Labute approximate surface area is 202 Å². The Bertz CT molecular complexity index is 1220. The van der Waals surface area contributed by atoms with Gasteiger partial charge < -0.3 is 9.64 Å². The number of pyridine rings is 1. The lowest BCUT2D eigenvalue weighted by atomic mass is 9.95. The second kappa shape index (κ2) is 9.82. The molecular weight excluding hydrogens is 451 g/mol. The molecule has 1 aromatic carbocycles. The summed E-state index contributed by atoms with van der Waals surface area (Å²) >= 11 is 1.34. The van der Waals surface area contributed by atoms with Crippen molar-refractivity contribution in [2.75, 3.05) is 13.1 Å². The summed E-state index contributed by atoms with van der Waals surface area (Å²) in [6, 6.07) is 8.18. The zero-order valence-corrected chi connectivity index (χ0v) is 20.2. The number of ether oxygens (including phenoxy) is 1. The molecule has 2 aliphatic rings. The molecule has 1 unspecified atom stereocenters. The number of piperidine rings is 1. The van der Waals surface area contributed by atoms with Crippen LogP contribution in [0.1, 0.15) is 60.7 Å². The number of likely N-dealkylation sites (tertiary alicyclic amines) is 1. The molecule has 178 valence electrons. The summed E-state index contributed by atoms with van der Waals surface area (Å²) in [5, 5.41) is 0. The summed E-state index contributed by atoms with van der Waals surface area (Å²) in [7, 11) is 0. The summed E-state index contributed by atoms with van der Waals surface area (Å²) < 4.78 is 21.4. The van der Waals surface area contributed by atoms with Crippen molar-refractivity contribution in [2.24, 2.45) is 11.8 Å². The molecule has 7 heteroatoms. The first-order valence-corrected chi connectivity index (χ1v) is 13.0. The van der Waals surface area contributed by atoms with Crippen molar-refractivity contribution in [1.29, 1.82) is 0 Å². The number of Topliss-reactive ketones (excluding diaryl/α,β-unsaturated/α-hetero) is 1. The van der Waals surface area contributed by atoms with Crippen molar-refractivity contribution >= 4 is 33.2 Å². The Morgan fingerprint density at radius 1 is 1.15 bits per heavy atom. The van der Waals surface area contributed by atoms with Crippen LogP contribution in [0.25, 0.3) is 10.2 Å². The predicted molar refractivity (Wildman–Crippen MR) is 131 cm³/mol. The van der Waals surface area contributed by atoms with E-state index < -0.39 is 5.82 Å². The van der Waals surface area contributed by atoms with Gasteiger partial charge in [0.25, 0.3) is 5.91 Å². The fourth-order valence-corrected chi connectivity index (χ4v) is 5.67. The number of halogens is 1. The normalized spacial score (nSPS) is 18.3. The first kappa shape index (κ1) is 23.0. The summed E-state index contributed by atoms with van der Waals surface area (Å²) in [4.78, 5) is 32.2. The second-order valence-electron chi connectivity index (χ2n) is 9.53. The van der Waals surface area contributed by atoms with Crippen LogP contribution in [0, 0.1) is 17.7 Å². The molecule has 1 amide bonds. The third-order valence-electron chi connectivity index (χ3n) is 6.80. The lowest BCUT2D eigenvalue weighted by Gasteiger charge is -2.31. The highest BCUT2D eigenvalue weighted by Gasteiger charge is 2.26. The zero-order chi connectivity index (χ0) is 23.7. The maximum atomic E-state index is 14.8. The lowest BCUT2D eigenvalue weighted by molar-refractivity contribution is -0.118. The third-order valence-corrected chi connectivity index (χ3v) is 7.93. The van der Waals surface area contributed by atoms with Crippen LogP contribution >= 0.6 is 11.3 Å². The standard InChI is InChI=1S/C27H29FN2O3S/c1-2-17-4-3-11-30(16-17)27(32)25-15-22-26(34-25)24(9-10-29-22)33-23-8-7-19(14-21(23)28)13-20(31)12-18-5-6-18/h7-10,14-15,17-18H,2-6,11-13,16H2,1H3. The largest absolute Gasteiger partial charge is 0.453 e. The van der Waals surface area contributed by atoms with E-state index in [4.69, 9.17) is 4.74 Å². The molecule has 1 aliphatic carbocycles. The van der Waals surface area contributed by atoms with Gasteiger partial charge in [0.1, 0.15) is 11.5 Å². The number of hydrogen-bond donors (Lipinski definition) is 0. The number of aromatic nitrogens is 1. The number of benzene rings is 1. The molecule has 0 spiro atoms. The zero-order valence-electron chi connectivity index (χ0n) is 19.4. The molecule has 5 rings (SSSR count). The van der Waals surface area contributed by atoms with Crippen LogP contribution in [0.2, 0.25) is 0 Å². The van der Waals surface area contributed by atoms with E-state index in [-0.39, 0.29) is 23.9 Å². The number of carbonyl (C=O) groups is 2. The van der Waals surface area contributed by atoms with E-state index in [0.29, 0.717) is 40.0 Å². The monoisotopic (exact) mass is 480 g/mol. The van der Waals surface area contributed by atoms with Gasteiger partial charge in [-0.05, 0) is 61.3 Å². The van der Waals surface area contributed by atoms with E-state index >= 15 is 0 Å². The number of carbonyl (C=O) groups excluding carboxylic acids is 2. The topological polar surface area (TPSA) is 59.5 Å². The van der Waals surface area contributed by atoms with Gasteiger partial charge in [-0.1, -0.05) is 19.4 Å². The van der Waals surface area contributed by atoms with Crippen LogP contribution in [0.5, 0.6) is 11.5 Å². The van der Waals surface area contributed by atoms with Crippen LogP contribution < -0.4 is 4.74 Å². The van der Waals surface area contributed by atoms with Gasteiger partial charge in [-0.25, -0.2) is 4.39 Å². The SMILES string of the molecule is CCC1CCCN(C(=O)c2cc3nccc(Oc4ccc(CC(=O)CC5CC5)cc4F)c3s2)C1. The molecule has 0 N–H and O–H groups in total. The molecule has 5 nitrogen and oxygen atoms in total. The van der Waals surface area contributed by atoms with Crippen LogP contribution in [0.3, 0.4) is 0 Å². The van der Waals surface area contributed by atoms with Crippen molar-refractivity contribution < 1.29 is 18.7 Å². The van der Waals surface area contributed by atoms with Gasteiger partial charge in [0.15, 0.2) is 11.6 Å². The number of rotatable bonds is 8. The van der Waals surface area contributed by atoms with Gasteiger partial charge in [-0.15, -0.1) is 11.3 Å². The third kappa shape index (κ3) is 5.14. The Morgan fingerprint density at radius 3 is 2.76 bits per heavy atom. The number of amides is 1. The van der Waals surface area contributed by atoms with Gasteiger partial charge in [-0.3, -0.25) is 14.6 Å². The highest BCUT2D eigenvalue weighted by molar-refractivity contribution is 7.21. The van der Waals surface area contributed by atoms with Crippen LogP contribution in [-0.4, -0.2) is 34.7 Å². The Morgan fingerprint density at radius 2 is 2.00 bits per heavy atom. The quantitative estimate of drug-likeness (QED) is 0.374. The first-order valence-electron chi connectivity index (χ1n) is 12.2. The fourth-order valence-electron chi connectivity index (χ4n) is 4.64. The molecular formula is C27H29FN2O3S. The molecule has 1 saturated carbocycles. The predicted octanol–water partition coefficient (Wildman–Crippen LogP) is 6.40. The average molecular weight is 481 g/mol. The van der Waals surface area contributed by atoms with E-state index in [9.17, 15) is 14.0 Å². The number of thiophene rings is 1. The minimum atomic E-state index is -0.506. The van der Waals surface area contributed by atoms with Crippen LogP contribution in [-0.2, 0) is 11.2 Å². The minimum Gasteiger partial charge on any atom is -0.453 e. The molecule has 34 heavy (non-hydrogen) atoms. The Kier molecular flexibility index (Phi) is 6.63. The molecule has 0 bridgehead atoms. The Balaban J connectivity index is 1.32. The van der Waals surface area contributed by atoms with Crippen molar-refractivity contribution in [2.45, 2.75) is 51.9 Å². The highest BCUT2D eigenvalue weighted by atomic mass is 32.1. The molecule has 3 aromatic rings. The molecule has 1 atom stereocenters. The molecule has 1 saturated heterocycles. The minimum absolute atomic E-state index is 0.0264. The average Bonchev–Trinajstić information content (AvgIpc) is 3.54. The molecule has 3 heterocycles. The number of fused-ring (bicyclic) bond motifs is 1. The maximum absolute atomic E-state index is 14.8. The second-order valence-corrected chi connectivity index (χ2v) is 10.6. The van der Waals surface area contributed by atoms with E-state index in [1.165, 1.54) is 23.8 Å². The Hall–Kier alpha value is -2.80. The molecule has 2 aromatic heterocycles. The van der Waals surface area contributed by atoms with E-state index in [0.717, 1.165) is 43.5 Å². The van der Waals surface area contributed by atoms with Gasteiger partial charge in [-0.2, -0.15) is 0 Å². The van der Waals surface area contributed by atoms with E-state index in [1.54, 1.807) is 30.5 Å². The van der Waals surface area contributed by atoms with Crippen molar-refractivity contribution in [3.05, 3.63) is 52.8 Å². The molecule has 0 radical (unpaired) electrons. The fraction of sp³-hybridized carbons (Fsp3) is 0.444. The van der Waals surface area contributed by atoms with Crippen molar-refractivity contribution in [3.8, 4) is 11.5 Å². The number of ketones is 1. The smallest absolute Gasteiger partial charge is 0.264 e. The van der Waals surface area contributed by atoms with E-state index in [1.807, 2.05) is 4.90 Å². The number of hydrogen-bond acceptors (Lipinski definition) is 5. The van der Waals surface area contributed by atoms with Crippen LogP contribution in [0.15, 0.2) is 36.5 Å². The van der Waals surface area contributed by atoms with Crippen molar-refractivity contribution in [3.63, 3.8) is 0 Å². The first-order chi connectivity index (χ1) is 16.5. The maximum Gasteiger partial charge on any atom is 0.264 e. The van der Waals surface area contributed by atoms with Gasteiger partial charge >= 0.3 is 0 Å². The van der Waals surface area contributed by atoms with Gasteiger partial charge in [0.2, 0.25) is 0 Å². The van der Waals surface area contributed by atoms with Gasteiger partial charge in [0.05, 0.1) is 15.1 Å². The van der Waals surface area contributed by atoms with Crippen LogP contribution in [0.4, 0.5) is 4.39 Å². The van der Waals surface area contributed by atoms with Crippen molar-refractivity contribution in [1.82, 2.24) is 9.88 Å².